The lowest BCUT2D eigenvalue weighted by atomic mass is 10.0. The van der Waals surface area contributed by atoms with Crippen LogP contribution in [0.25, 0.3) is 0 Å². The molecule has 0 aliphatic heterocycles. The van der Waals surface area contributed by atoms with Gasteiger partial charge in [0.1, 0.15) is 5.75 Å². The number of nitrogens with one attached hydrogen (secondary N) is 2. The fraction of sp³-hybridized carbons (Fsp3) is 0.300. The van der Waals surface area contributed by atoms with Crippen LogP contribution in [-0.4, -0.2) is 17.6 Å². The molecule has 5 heteroatoms. The number of ether oxygens (including phenoxy) is 1. The van der Waals surface area contributed by atoms with Gasteiger partial charge in [-0.25, -0.2) is 0 Å². The first kappa shape index (κ1) is 18.9. The average molecular weight is 356 g/mol. The predicted octanol–water partition coefficient (Wildman–Crippen LogP) is 4.32. The molecule has 2 N–H and O–H groups in total. The molecule has 0 fully saturated rings. The van der Waals surface area contributed by atoms with Gasteiger partial charge < -0.3 is 10.1 Å². The van der Waals surface area contributed by atoms with E-state index in [0.717, 1.165) is 22.4 Å². The van der Waals surface area contributed by atoms with Gasteiger partial charge in [-0.3, -0.25) is 10.1 Å². The summed E-state index contributed by atoms with van der Waals surface area (Å²) >= 11 is 5.24. The molecule has 0 spiro atoms. The number of rotatable bonds is 5. The van der Waals surface area contributed by atoms with Gasteiger partial charge in [-0.15, -0.1) is 0 Å². The lowest BCUT2D eigenvalue weighted by Gasteiger charge is -2.16. The Labute approximate surface area is 154 Å². The third-order valence-corrected chi connectivity index (χ3v) is 3.99. The summed E-state index contributed by atoms with van der Waals surface area (Å²) in [6.45, 7) is 8.07. The van der Waals surface area contributed by atoms with E-state index in [2.05, 4.69) is 24.5 Å². The lowest BCUT2D eigenvalue weighted by molar-refractivity contribution is -0.121. The van der Waals surface area contributed by atoms with Crippen molar-refractivity contribution in [3.05, 3.63) is 59.2 Å². The van der Waals surface area contributed by atoms with E-state index in [1.807, 2.05) is 56.3 Å². The second kappa shape index (κ2) is 8.62. The summed E-state index contributed by atoms with van der Waals surface area (Å²) in [5.41, 5.74) is 4.12. The molecule has 0 aromatic heterocycles. The second-order valence-corrected chi connectivity index (χ2v) is 6.71. The lowest BCUT2D eigenvalue weighted by Crippen LogP contribution is -2.37. The Balaban J connectivity index is 1.90. The summed E-state index contributed by atoms with van der Waals surface area (Å²) in [7, 11) is 0. The maximum atomic E-state index is 12.1. The van der Waals surface area contributed by atoms with Crippen LogP contribution in [0.15, 0.2) is 42.5 Å². The van der Waals surface area contributed by atoms with Gasteiger partial charge in [0.25, 0.3) is 5.91 Å². The van der Waals surface area contributed by atoms with E-state index >= 15 is 0 Å². The summed E-state index contributed by atoms with van der Waals surface area (Å²) in [5.74, 6) is 0.773. The normalized spacial score (nSPS) is 10.4. The van der Waals surface area contributed by atoms with Crippen molar-refractivity contribution in [2.45, 2.75) is 33.6 Å². The van der Waals surface area contributed by atoms with E-state index in [9.17, 15) is 4.79 Å². The molecule has 0 aliphatic rings. The maximum absolute atomic E-state index is 12.1. The summed E-state index contributed by atoms with van der Waals surface area (Å²) in [5, 5.41) is 6.01. The van der Waals surface area contributed by atoms with E-state index in [1.165, 1.54) is 0 Å². The summed E-state index contributed by atoms with van der Waals surface area (Å²) in [6, 6.07) is 13.8. The molecule has 0 bridgehead atoms. The first-order chi connectivity index (χ1) is 11.9. The SMILES string of the molecule is Cc1ccc(C)c(OCC(=O)NC(=S)Nc2ccccc2C(C)C)c1. The van der Waals surface area contributed by atoms with Gasteiger partial charge in [-0.05, 0) is 60.8 Å². The Morgan fingerprint density at radius 3 is 2.60 bits per heavy atom. The summed E-state index contributed by atoms with van der Waals surface area (Å²) in [6.07, 6.45) is 0. The molecule has 0 saturated carbocycles. The molecule has 0 radical (unpaired) electrons. The van der Waals surface area contributed by atoms with Crippen LogP contribution < -0.4 is 15.4 Å². The van der Waals surface area contributed by atoms with Crippen molar-refractivity contribution < 1.29 is 9.53 Å². The Hall–Kier alpha value is -2.40. The molecule has 0 atom stereocenters. The molecule has 1 amide bonds. The molecule has 0 heterocycles. The van der Waals surface area contributed by atoms with E-state index in [1.54, 1.807) is 0 Å². The van der Waals surface area contributed by atoms with Gasteiger partial charge in [-0.2, -0.15) is 0 Å². The number of aryl methyl sites for hydroxylation is 2. The van der Waals surface area contributed by atoms with Crippen molar-refractivity contribution in [3.8, 4) is 5.75 Å². The number of benzene rings is 2. The van der Waals surface area contributed by atoms with Crippen LogP contribution in [0, 0.1) is 13.8 Å². The van der Waals surface area contributed by atoms with Crippen LogP contribution in [0.5, 0.6) is 5.75 Å². The van der Waals surface area contributed by atoms with Crippen LogP contribution in [0.4, 0.5) is 5.69 Å². The zero-order valence-corrected chi connectivity index (χ0v) is 15.9. The fourth-order valence-electron chi connectivity index (χ4n) is 2.44. The third-order valence-electron chi connectivity index (χ3n) is 3.79. The van der Waals surface area contributed by atoms with Gasteiger partial charge in [0.2, 0.25) is 0 Å². The molecule has 0 aliphatic carbocycles. The molecule has 25 heavy (non-hydrogen) atoms. The smallest absolute Gasteiger partial charge is 0.264 e. The molecule has 0 saturated heterocycles. The number of hydrogen-bond acceptors (Lipinski definition) is 3. The van der Waals surface area contributed by atoms with E-state index in [4.69, 9.17) is 17.0 Å². The zero-order chi connectivity index (χ0) is 18.4. The van der Waals surface area contributed by atoms with Gasteiger partial charge in [0.05, 0.1) is 0 Å². The maximum Gasteiger partial charge on any atom is 0.264 e. The molecular formula is C20H24N2O2S. The van der Waals surface area contributed by atoms with Crippen LogP contribution in [0.3, 0.4) is 0 Å². The Kier molecular flexibility index (Phi) is 6.53. The Morgan fingerprint density at radius 2 is 1.88 bits per heavy atom. The number of thiocarbonyl (C=S) groups is 1. The Morgan fingerprint density at radius 1 is 1.16 bits per heavy atom. The molecular weight excluding hydrogens is 332 g/mol. The van der Waals surface area contributed by atoms with Crippen LogP contribution in [0.2, 0.25) is 0 Å². The van der Waals surface area contributed by atoms with Gasteiger partial charge in [0.15, 0.2) is 11.7 Å². The number of hydrogen-bond donors (Lipinski definition) is 2. The predicted molar refractivity (Wildman–Crippen MR) is 106 cm³/mol. The molecule has 132 valence electrons. The molecule has 4 nitrogen and oxygen atoms in total. The number of anilines is 1. The largest absolute Gasteiger partial charge is 0.483 e. The minimum Gasteiger partial charge on any atom is -0.483 e. The number of carbonyl (C=O) groups excluding carboxylic acids is 1. The summed E-state index contributed by atoms with van der Waals surface area (Å²) < 4.78 is 5.59. The van der Waals surface area contributed by atoms with Crippen molar-refractivity contribution in [1.82, 2.24) is 5.32 Å². The number of amides is 1. The second-order valence-electron chi connectivity index (χ2n) is 6.30. The highest BCUT2D eigenvalue weighted by Crippen LogP contribution is 2.23. The van der Waals surface area contributed by atoms with Crippen molar-refractivity contribution in [3.63, 3.8) is 0 Å². The van der Waals surface area contributed by atoms with Crippen molar-refractivity contribution >= 4 is 28.9 Å². The topological polar surface area (TPSA) is 50.4 Å². The van der Waals surface area contributed by atoms with Crippen LogP contribution >= 0.6 is 12.2 Å². The zero-order valence-electron chi connectivity index (χ0n) is 15.1. The molecule has 0 unspecified atom stereocenters. The molecule has 2 rings (SSSR count). The molecule has 2 aromatic carbocycles. The first-order valence-corrected chi connectivity index (χ1v) is 8.67. The standard InChI is InChI=1S/C20H24N2O2S/c1-13(2)16-7-5-6-8-17(16)21-20(25)22-19(23)12-24-18-11-14(3)9-10-15(18)4/h5-11,13H,12H2,1-4H3,(H2,21,22,23,25). The first-order valence-electron chi connectivity index (χ1n) is 8.26. The Bertz CT molecular complexity index is 772. The number of carbonyl (C=O) groups is 1. The van der Waals surface area contributed by atoms with Crippen molar-refractivity contribution in [1.29, 1.82) is 0 Å². The van der Waals surface area contributed by atoms with Gasteiger partial charge >= 0.3 is 0 Å². The fourth-order valence-corrected chi connectivity index (χ4v) is 2.66. The highest BCUT2D eigenvalue weighted by atomic mass is 32.1. The van der Waals surface area contributed by atoms with E-state index < -0.39 is 0 Å². The quantitative estimate of drug-likeness (QED) is 0.784. The molecule has 2 aromatic rings. The third kappa shape index (κ3) is 5.57. The highest BCUT2D eigenvalue weighted by Gasteiger charge is 2.10. The minimum absolute atomic E-state index is 0.0854. The van der Waals surface area contributed by atoms with Crippen molar-refractivity contribution in [2.24, 2.45) is 0 Å². The van der Waals surface area contributed by atoms with Gasteiger partial charge in [-0.1, -0.05) is 44.2 Å². The van der Waals surface area contributed by atoms with E-state index in [0.29, 0.717) is 11.7 Å². The van der Waals surface area contributed by atoms with Crippen LogP contribution in [-0.2, 0) is 4.79 Å². The minimum atomic E-state index is -0.291. The van der Waals surface area contributed by atoms with E-state index in [-0.39, 0.29) is 17.6 Å². The highest BCUT2D eigenvalue weighted by molar-refractivity contribution is 7.80. The summed E-state index contributed by atoms with van der Waals surface area (Å²) in [4.78, 5) is 12.1. The average Bonchev–Trinajstić information content (AvgIpc) is 2.56. The van der Waals surface area contributed by atoms with Crippen molar-refractivity contribution in [2.75, 3.05) is 11.9 Å². The van der Waals surface area contributed by atoms with Gasteiger partial charge in [0, 0.05) is 5.69 Å². The monoisotopic (exact) mass is 356 g/mol. The van der Waals surface area contributed by atoms with Crippen LogP contribution in [0.1, 0.15) is 36.5 Å². The number of para-hydroxylation sites is 1.